The van der Waals surface area contributed by atoms with Crippen molar-refractivity contribution in [2.75, 3.05) is 13.7 Å². The van der Waals surface area contributed by atoms with Crippen molar-refractivity contribution in [3.05, 3.63) is 30.2 Å². The number of nitrogens with zero attached hydrogens (tertiary/aromatic N) is 2. The second-order valence-corrected chi connectivity index (χ2v) is 4.31. The molecule has 2 heterocycles. The number of hydrogen-bond donors (Lipinski definition) is 1. The zero-order valence-electron chi connectivity index (χ0n) is 10.2. The Morgan fingerprint density at radius 1 is 1.39 bits per heavy atom. The molecule has 94 valence electrons. The molecule has 0 amide bonds. The van der Waals surface area contributed by atoms with Crippen LogP contribution in [-0.4, -0.2) is 23.8 Å². The summed E-state index contributed by atoms with van der Waals surface area (Å²) >= 11 is 0. The van der Waals surface area contributed by atoms with Crippen LogP contribution < -0.4 is 10.1 Å². The molecule has 1 aliphatic heterocycles. The lowest BCUT2D eigenvalue weighted by molar-refractivity contribution is 0.344. The van der Waals surface area contributed by atoms with E-state index in [1.165, 1.54) is 0 Å². The van der Waals surface area contributed by atoms with E-state index in [2.05, 4.69) is 15.5 Å². The lowest BCUT2D eigenvalue weighted by atomic mass is 10.2. The summed E-state index contributed by atoms with van der Waals surface area (Å²) < 4.78 is 10.6. The van der Waals surface area contributed by atoms with E-state index in [0.29, 0.717) is 11.7 Å². The van der Waals surface area contributed by atoms with Crippen molar-refractivity contribution in [1.29, 1.82) is 0 Å². The van der Waals surface area contributed by atoms with Gasteiger partial charge in [0.15, 0.2) is 0 Å². The quantitative estimate of drug-likeness (QED) is 0.898. The number of hydrogen-bond acceptors (Lipinski definition) is 5. The van der Waals surface area contributed by atoms with Crippen LogP contribution in [0.15, 0.2) is 28.8 Å². The lowest BCUT2D eigenvalue weighted by Crippen LogP contribution is -2.12. The maximum Gasteiger partial charge on any atom is 0.244 e. The van der Waals surface area contributed by atoms with Crippen molar-refractivity contribution in [3.63, 3.8) is 0 Å². The molecule has 0 bridgehead atoms. The second-order valence-electron chi connectivity index (χ2n) is 4.31. The molecule has 5 nitrogen and oxygen atoms in total. The third kappa shape index (κ3) is 1.97. The summed E-state index contributed by atoms with van der Waals surface area (Å²) in [5.41, 5.74) is 0.855. The fraction of sp³-hybridized carbons (Fsp3) is 0.385. The average Bonchev–Trinajstić information content (AvgIpc) is 3.09. The summed E-state index contributed by atoms with van der Waals surface area (Å²) in [7, 11) is 1.64. The van der Waals surface area contributed by atoms with Crippen LogP contribution in [0, 0.1) is 0 Å². The molecule has 0 radical (unpaired) electrons. The molecule has 18 heavy (non-hydrogen) atoms. The maximum absolute atomic E-state index is 5.32. The molecule has 1 aromatic heterocycles. The summed E-state index contributed by atoms with van der Waals surface area (Å²) in [6.07, 6.45) is 2.20. The molecule has 1 aliphatic rings. The molecule has 0 saturated carbocycles. The molecule has 1 saturated heterocycles. The Balaban J connectivity index is 1.92. The molecule has 0 spiro atoms. The van der Waals surface area contributed by atoms with Crippen LogP contribution in [0.2, 0.25) is 0 Å². The number of para-hydroxylation sites is 1. The van der Waals surface area contributed by atoms with Gasteiger partial charge in [0.1, 0.15) is 5.75 Å². The molecule has 3 rings (SSSR count). The summed E-state index contributed by atoms with van der Waals surface area (Å²) in [5.74, 6) is 1.99. The molecule has 5 heteroatoms. The van der Waals surface area contributed by atoms with Gasteiger partial charge in [-0.3, -0.25) is 0 Å². The van der Waals surface area contributed by atoms with Gasteiger partial charge >= 0.3 is 0 Å². The topological polar surface area (TPSA) is 60.2 Å². The van der Waals surface area contributed by atoms with Gasteiger partial charge in [-0.2, -0.15) is 4.98 Å². The molecule has 1 aromatic carbocycles. The summed E-state index contributed by atoms with van der Waals surface area (Å²) in [4.78, 5) is 4.45. The molecule has 2 aromatic rings. The van der Waals surface area contributed by atoms with Crippen molar-refractivity contribution in [1.82, 2.24) is 15.5 Å². The van der Waals surface area contributed by atoms with E-state index < -0.39 is 0 Å². The van der Waals surface area contributed by atoms with Gasteiger partial charge in [0, 0.05) is 0 Å². The third-order valence-corrected chi connectivity index (χ3v) is 3.15. The van der Waals surface area contributed by atoms with Crippen LogP contribution in [0.5, 0.6) is 5.75 Å². The van der Waals surface area contributed by atoms with Crippen LogP contribution in [0.1, 0.15) is 24.8 Å². The smallest absolute Gasteiger partial charge is 0.244 e. The Kier molecular flexibility index (Phi) is 2.98. The molecule has 0 aliphatic carbocycles. The highest BCUT2D eigenvalue weighted by molar-refractivity contribution is 5.63. The predicted molar refractivity (Wildman–Crippen MR) is 66.3 cm³/mol. The average molecular weight is 245 g/mol. The first kappa shape index (κ1) is 11.2. The zero-order chi connectivity index (χ0) is 12.4. The first-order valence-electron chi connectivity index (χ1n) is 6.09. The van der Waals surface area contributed by atoms with E-state index >= 15 is 0 Å². The van der Waals surface area contributed by atoms with Crippen LogP contribution >= 0.6 is 0 Å². The lowest BCUT2D eigenvalue weighted by Gasteiger charge is -2.03. The van der Waals surface area contributed by atoms with Gasteiger partial charge in [-0.05, 0) is 31.5 Å². The number of benzene rings is 1. The SMILES string of the molecule is COc1ccccc1-c1noc(C2CCCN2)n1. The summed E-state index contributed by atoms with van der Waals surface area (Å²) in [6, 6.07) is 7.86. The molecule has 1 N–H and O–H groups in total. The largest absolute Gasteiger partial charge is 0.496 e. The van der Waals surface area contributed by atoms with Gasteiger partial charge in [0.05, 0.1) is 18.7 Å². The van der Waals surface area contributed by atoms with E-state index in [9.17, 15) is 0 Å². The molecule has 1 atom stereocenters. The van der Waals surface area contributed by atoms with Gasteiger partial charge in [0.25, 0.3) is 0 Å². The van der Waals surface area contributed by atoms with Crippen molar-refractivity contribution in [3.8, 4) is 17.1 Å². The van der Waals surface area contributed by atoms with E-state index in [0.717, 1.165) is 30.7 Å². The summed E-state index contributed by atoms with van der Waals surface area (Å²) in [5, 5.41) is 7.37. The first-order valence-corrected chi connectivity index (χ1v) is 6.09. The first-order chi connectivity index (χ1) is 8.88. The van der Waals surface area contributed by atoms with Crippen LogP contribution in [0.3, 0.4) is 0 Å². The highest BCUT2D eigenvalue weighted by Gasteiger charge is 2.23. The van der Waals surface area contributed by atoms with E-state index in [1.54, 1.807) is 7.11 Å². The van der Waals surface area contributed by atoms with Crippen LogP contribution in [-0.2, 0) is 0 Å². The van der Waals surface area contributed by atoms with E-state index in [1.807, 2.05) is 24.3 Å². The fourth-order valence-corrected chi connectivity index (χ4v) is 2.21. The highest BCUT2D eigenvalue weighted by Crippen LogP contribution is 2.29. The molecular weight excluding hydrogens is 230 g/mol. The number of aromatic nitrogens is 2. The van der Waals surface area contributed by atoms with Crippen molar-refractivity contribution in [2.45, 2.75) is 18.9 Å². The third-order valence-electron chi connectivity index (χ3n) is 3.15. The second kappa shape index (κ2) is 4.78. The van der Waals surface area contributed by atoms with Gasteiger partial charge in [-0.1, -0.05) is 17.3 Å². The van der Waals surface area contributed by atoms with Crippen molar-refractivity contribution >= 4 is 0 Å². The van der Waals surface area contributed by atoms with Gasteiger partial charge in [0.2, 0.25) is 11.7 Å². The van der Waals surface area contributed by atoms with E-state index in [-0.39, 0.29) is 6.04 Å². The maximum atomic E-state index is 5.32. The molecule has 1 unspecified atom stereocenters. The molecule has 1 fully saturated rings. The normalized spacial score (nSPS) is 19.1. The number of methoxy groups -OCH3 is 1. The predicted octanol–water partition coefficient (Wildman–Crippen LogP) is 2.17. The van der Waals surface area contributed by atoms with Gasteiger partial charge in [-0.15, -0.1) is 0 Å². The Labute approximate surface area is 105 Å². The summed E-state index contributed by atoms with van der Waals surface area (Å²) in [6.45, 7) is 1.01. The Hall–Kier alpha value is -1.88. The Morgan fingerprint density at radius 3 is 3.06 bits per heavy atom. The molecular formula is C13H15N3O2. The van der Waals surface area contributed by atoms with Crippen molar-refractivity contribution in [2.24, 2.45) is 0 Å². The Bertz CT molecular complexity index is 533. The van der Waals surface area contributed by atoms with E-state index in [4.69, 9.17) is 9.26 Å². The van der Waals surface area contributed by atoms with Crippen LogP contribution in [0.4, 0.5) is 0 Å². The zero-order valence-corrected chi connectivity index (χ0v) is 10.2. The van der Waals surface area contributed by atoms with Crippen molar-refractivity contribution < 1.29 is 9.26 Å². The highest BCUT2D eigenvalue weighted by atomic mass is 16.5. The Morgan fingerprint density at radius 2 is 2.28 bits per heavy atom. The minimum atomic E-state index is 0.195. The minimum Gasteiger partial charge on any atom is -0.496 e. The minimum absolute atomic E-state index is 0.195. The van der Waals surface area contributed by atoms with Crippen LogP contribution in [0.25, 0.3) is 11.4 Å². The van der Waals surface area contributed by atoms with Gasteiger partial charge < -0.3 is 14.6 Å². The fourth-order valence-electron chi connectivity index (χ4n) is 2.21. The standard InChI is InChI=1S/C13H15N3O2/c1-17-11-7-3-2-5-9(11)12-15-13(18-16-12)10-6-4-8-14-10/h2-3,5,7,10,14H,4,6,8H2,1H3. The number of ether oxygens (including phenoxy) is 1. The number of rotatable bonds is 3. The van der Waals surface area contributed by atoms with Gasteiger partial charge in [-0.25, -0.2) is 0 Å². The monoisotopic (exact) mass is 245 g/mol. The number of nitrogens with one attached hydrogen (secondary N) is 1.